The van der Waals surface area contributed by atoms with Crippen molar-refractivity contribution < 1.29 is 5.11 Å². The lowest BCUT2D eigenvalue weighted by molar-refractivity contribution is 0.475. The van der Waals surface area contributed by atoms with E-state index in [0.717, 1.165) is 11.7 Å². The molecule has 0 bridgehead atoms. The average molecular weight is 194 g/mol. The minimum absolute atomic E-state index is 0.352. The van der Waals surface area contributed by atoms with Crippen LogP contribution in [0.15, 0.2) is 24.3 Å². The second-order valence-electron chi connectivity index (χ2n) is 3.92. The molecule has 1 aromatic carbocycles. The Hall–Kier alpha value is -0.630. The molecule has 1 heterocycles. The number of hydrogen-bond acceptors (Lipinski definition) is 2. The summed E-state index contributed by atoms with van der Waals surface area (Å²) in [6.45, 7) is 4.57. The Labute approximate surface area is 83.2 Å². The number of phenols is 1. The summed E-state index contributed by atoms with van der Waals surface area (Å²) in [4.78, 5) is 0. The molecule has 0 aliphatic carbocycles. The highest BCUT2D eigenvalue weighted by atomic mass is 32.2. The summed E-state index contributed by atoms with van der Waals surface area (Å²) in [6, 6.07) is 7.53. The molecule has 2 unspecified atom stereocenters. The van der Waals surface area contributed by atoms with E-state index in [1.807, 2.05) is 23.9 Å². The fraction of sp³-hybridized carbons (Fsp3) is 0.455. The Kier molecular flexibility index (Phi) is 2.03. The van der Waals surface area contributed by atoms with Gasteiger partial charge in [0.25, 0.3) is 0 Å². The summed E-state index contributed by atoms with van der Waals surface area (Å²) in [7, 11) is 0. The molecule has 1 saturated heterocycles. The quantitative estimate of drug-likeness (QED) is 0.730. The first-order valence-electron chi connectivity index (χ1n) is 4.56. The maximum absolute atomic E-state index is 9.12. The fourth-order valence-corrected chi connectivity index (χ4v) is 2.65. The Balaban J connectivity index is 2.07. The maximum atomic E-state index is 9.12. The van der Waals surface area contributed by atoms with Gasteiger partial charge in [-0.1, -0.05) is 19.1 Å². The highest BCUT2D eigenvalue weighted by Crippen LogP contribution is 2.54. The van der Waals surface area contributed by atoms with Crippen molar-refractivity contribution in [1.29, 1.82) is 0 Å². The number of hydrogen-bond donors (Lipinski definition) is 1. The summed E-state index contributed by atoms with van der Waals surface area (Å²) in [6.07, 6.45) is 1.11. The molecule has 0 amide bonds. The van der Waals surface area contributed by atoms with Gasteiger partial charge in [-0.05, 0) is 31.0 Å². The van der Waals surface area contributed by atoms with Crippen LogP contribution in [0.2, 0.25) is 0 Å². The highest BCUT2D eigenvalue weighted by Gasteiger charge is 2.47. The van der Waals surface area contributed by atoms with E-state index in [9.17, 15) is 0 Å². The SMILES string of the molecule is CC1SC1(C)Cc1ccc(O)cc1. The second-order valence-corrected chi connectivity index (χ2v) is 5.79. The molecule has 1 aromatic rings. The van der Waals surface area contributed by atoms with E-state index in [4.69, 9.17) is 5.11 Å². The van der Waals surface area contributed by atoms with Crippen molar-refractivity contribution in [1.82, 2.24) is 0 Å². The Morgan fingerprint density at radius 1 is 1.38 bits per heavy atom. The summed E-state index contributed by atoms with van der Waals surface area (Å²) >= 11 is 2.03. The predicted molar refractivity (Wildman–Crippen MR) is 57.3 cm³/mol. The number of rotatable bonds is 2. The van der Waals surface area contributed by atoms with Gasteiger partial charge in [0, 0.05) is 10.00 Å². The van der Waals surface area contributed by atoms with Gasteiger partial charge >= 0.3 is 0 Å². The van der Waals surface area contributed by atoms with E-state index in [1.165, 1.54) is 5.56 Å². The van der Waals surface area contributed by atoms with Crippen molar-refractivity contribution >= 4 is 11.8 Å². The molecular formula is C11H14OS. The first kappa shape index (κ1) is 8.95. The molecule has 0 aromatic heterocycles. The number of aromatic hydroxyl groups is 1. The van der Waals surface area contributed by atoms with Crippen LogP contribution in [-0.4, -0.2) is 15.1 Å². The van der Waals surface area contributed by atoms with Crippen LogP contribution in [0.4, 0.5) is 0 Å². The molecule has 1 fully saturated rings. The second kappa shape index (κ2) is 2.95. The largest absolute Gasteiger partial charge is 0.508 e. The van der Waals surface area contributed by atoms with Crippen LogP contribution in [0, 0.1) is 0 Å². The lowest BCUT2D eigenvalue weighted by Crippen LogP contribution is -2.10. The van der Waals surface area contributed by atoms with Gasteiger partial charge in [-0.25, -0.2) is 0 Å². The predicted octanol–water partition coefficient (Wildman–Crippen LogP) is 2.83. The minimum Gasteiger partial charge on any atom is -0.508 e. The molecule has 0 saturated carbocycles. The smallest absolute Gasteiger partial charge is 0.115 e. The highest BCUT2D eigenvalue weighted by molar-refractivity contribution is 8.08. The lowest BCUT2D eigenvalue weighted by atomic mass is 9.99. The molecule has 2 rings (SSSR count). The zero-order chi connectivity index (χ0) is 9.47. The van der Waals surface area contributed by atoms with Crippen molar-refractivity contribution in [2.45, 2.75) is 30.3 Å². The third kappa shape index (κ3) is 1.83. The molecule has 2 atom stereocenters. The molecule has 2 heteroatoms. The number of benzene rings is 1. The van der Waals surface area contributed by atoms with Gasteiger partial charge < -0.3 is 5.11 Å². The topological polar surface area (TPSA) is 20.2 Å². The van der Waals surface area contributed by atoms with Crippen molar-refractivity contribution in [2.24, 2.45) is 0 Å². The molecule has 1 nitrogen and oxygen atoms in total. The van der Waals surface area contributed by atoms with Crippen LogP contribution in [-0.2, 0) is 6.42 Å². The Morgan fingerprint density at radius 2 is 1.92 bits per heavy atom. The van der Waals surface area contributed by atoms with Crippen LogP contribution in [0.1, 0.15) is 19.4 Å². The number of phenolic OH excluding ortho intramolecular Hbond substituents is 1. The molecule has 70 valence electrons. The summed E-state index contributed by atoms with van der Waals surface area (Å²) in [5.41, 5.74) is 1.32. The zero-order valence-corrected chi connectivity index (χ0v) is 8.77. The molecule has 1 aliphatic rings. The average Bonchev–Trinajstić information content (AvgIpc) is 2.65. The van der Waals surface area contributed by atoms with Crippen molar-refractivity contribution in [2.75, 3.05) is 0 Å². The molecule has 0 radical (unpaired) electrons. The van der Waals surface area contributed by atoms with E-state index in [-0.39, 0.29) is 0 Å². The summed E-state index contributed by atoms with van der Waals surface area (Å²) in [5, 5.41) is 9.90. The molecule has 0 spiro atoms. The fourth-order valence-electron chi connectivity index (χ4n) is 1.57. The minimum atomic E-state index is 0.352. The Bertz CT molecular complexity index is 306. The summed E-state index contributed by atoms with van der Waals surface area (Å²) in [5.74, 6) is 0.352. The third-order valence-electron chi connectivity index (χ3n) is 2.74. The van der Waals surface area contributed by atoms with Gasteiger partial charge in [-0.3, -0.25) is 0 Å². The van der Waals surface area contributed by atoms with Gasteiger partial charge in [0.15, 0.2) is 0 Å². The summed E-state index contributed by atoms with van der Waals surface area (Å²) < 4.78 is 0.441. The van der Waals surface area contributed by atoms with Gasteiger partial charge in [0.05, 0.1) is 0 Å². The van der Waals surface area contributed by atoms with E-state index in [1.54, 1.807) is 12.1 Å². The monoisotopic (exact) mass is 194 g/mol. The van der Waals surface area contributed by atoms with E-state index >= 15 is 0 Å². The van der Waals surface area contributed by atoms with Crippen LogP contribution in [0.5, 0.6) is 5.75 Å². The van der Waals surface area contributed by atoms with Crippen molar-refractivity contribution in [3.8, 4) is 5.75 Å². The molecule has 1 aliphatic heterocycles. The van der Waals surface area contributed by atoms with E-state index in [0.29, 0.717) is 10.5 Å². The first-order chi connectivity index (χ1) is 6.10. The standard InChI is InChI=1S/C11H14OS/c1-8-11(2,13-8)7-9-3-5-10(12)6-4-9/h3-6,8,12H,7H2,1-2H3. The van der Waals surface area contributed by atoms with Crippen molar-refractivity contribution in [3.05, 3.63) is 29.8 Å². The van der Waals surface area contributed by atoms with Crippen LogP contribution in [0.3, 0.4) is 0 Å². The molecular weight excluding hydrogens is 180 g/mol. The Morgan fingerprint density at radius 3 is 2.38 bits per heavy atom. The third-order valence-corrected chi connectivity index (χ3v) is 4.40. The first-order valence-corrected chi connectivity index (χ1v) is 5.44. The van der Waals surface area contributed by atoms with Gasteiger partial charge in [0.2, 0.25) is 0 Å². The lowest BCUT2D eigenvalue weighted by Gasteiger charge is -2.07. The van der Waals surface area contributed by atoms with Gasteiger partial charge in [-0.15, -0.1) is 11.8 Å². The molecule has 13 heavy (non-hydrogen) atoms. The number of thioether (sulfide) groups is 1. The molecule has 1 N–H and O–H groups in total. The van der Waals surface area contributed by atoms with Crippen LogP contribution in [0.25, 0.3) is 0 Å². The zero-order valence-electron chi connectivity index (χ0n) is 7.95. The van der Waals surface area contributed by atoms with E-state index < -0.39 is 0 Å². The van der Waals surface area contributed by atoms with E-state index in [2.05, 4.69) is 13.8 Å². The van der Waals surface area contributed by atoms with Crippen LogP contribution < -0.4 is 0 Å². The maximum Gasteiger partial charge on any atom is 0.115 e. The normalized spacial score (nSPS) is 31.7. The van der Waals surface area contributed by atoms with Gasteiger partial charge in [-0.2, -0.15) is 0 Å². The van der Waals surface area contributed by atoms with Crippen molar-refractivity contribution in [3.63, 3.8) is 0 Å². The van der Waals surface area contributed by atoms with Crippen LogP contribution >= 0.6 is 11.8 Å². The van der Waals surface area contributed by atoms with Gasteiger partial charge in [0.1, 0.15) is 5.75 Å².